The van der Waals surface area contributed by atoms with E-state index in [0.717, 1.165) is 21.3 Å². The van der Waals surface area contributed by atoms with Gasteiger partial charge in [0.15, 0.2) is 0 Å². The highest BCUT2D eigenvalue weighted by Crippen LogP contribution is 2.15. The fraction of sp³-hybridized carbons (Fsp3) is 0.182. The van der Waals surface area contributed by atoms with Crippen LogP contribution in [0.25, 0.3) is 0 Å². The van der Waals surface area contributed by atoms with Crippen molar-refractivity contribution in [2.45, 2.75) is 6.54 Å². The summed E-state index contributed by atoms with van der Waals surface area (Å²) in [5.74, 6) is 5.22. The summed E-state index contributed by atoms with van der Waals surface area (Å²) in [5, 5.41) is 15.0. The summed E-state index contributed by atoms with van der Waals surface area (Å²) in [7, 11) is 0. The van der Waals surface area contributed by atoms with Gasteiger partial charge in [-0.15, -0.1) is 16.4 Å². The van der Waals surface area contributed by atoms with Gasteiger partial charge in [-0.3, -0.25) is 4.79 Å². The van der Waals surface area contributed by atoms with Gasteiger partial charge in [-0.2, -0.15) is 0 Å². The molecule has 18 heavy (non-hydrogen) atoms. The normalized spacial score (nSPS) is 9.61. The van der Waals surface area contributed by atoms with Crippen LogP contribution < -0.4 is 5.32 Å². The van der Waals surface area contributed by atoms with Crippen LogP contribution in [0.15, 0.2) is 18.3 Å². The highest BCUT2D eigenvalue weighted by Gasteiger charge is 2.08. The zero-order chi connectivity index (χ0) is 12.8. The zero-order valence-electron chi connectivity index (χ0n) is 9.21. The predicted octanol–water partition coefficient (Wildman–Crippen LogP) is 0.873. The van der Waals surface area contributed by atoms with Crippen LogP contribution in [0.4, 0.5) is 0 Å². The Hall–Kier alpha value is -1.75. The molecule has 0 radical (unpaired) electrons. The number of carbonyl (C=O) groups excluding carboxylic acids is 1. The van der Waals surface area contributed by atoms with Crippen molar-refractivity contribution in [1.29, 1.82) is 0 Å². The average molecular weight is 279 g/mol. The number of aliphatic hydroxyl groups excluding tert-OH is 1. The lowest BCUT2D eigenvalue weighted by atomic mass is 10.4. The predicted molar refractivity (Wildman–Crippen MR) is 69.4 cm³/mol. The lowest BCUT2D eigenvalue weighted by Crippen LogP contribution is -2.21. The van der Waals surface area contributed by atoms with Crippen molar-refractivity contribution in [2.75, 3.05) is 6.61 Å². The molecule has 0 aliphatic carbocycles. The third-order valence-electron chi connectivity index (χ3n) is 1.96. The lowest BCUT2D eigenvalue weighted by Gasteiger charge is -1.99. The first kappa shape index (κ1) is 12.7. The Morgan fingerprint density at radius 3 is 3.11 bits per heavy atom. The van der Waals surface area contributed by atoms with Gasteiger partial charge in [-0.05, 0) is 23.7 Å². The van der Waals surface area contributed by atoms with Crippen LogP contribution >= 0.6 is 22.9 Å². The molecule has 5 nitrogen and oxygen atoms in total. The largest absolute Gasteiger partial charge is 0.384 e. The van der Waals surface area contributed by atoms with E-state index < -0.39 is 0 Å². The molecule has 0 unspecified atom stereocenters. The molecule has 2 aromatic rings. The molecule has 7 heteroatoms. The first-order chi connectivity index (χ1) is 8.79. The maximum atomic E-state index is 11.6. The summed E-state index contributed by atoms with van der Waals surface area (Å²) in [5.41, 5.74) is 0. The van der Waals surface area contributed by atoms with E-state index >= 15 is 0 Å². The van der Waals surface area contributed by atoms with Gasteiger partial charge >= 0.3 is 0 Å². The van der Waals surface area contributed by atoms with Crippen LogP contribution in [0.1, 0.15) is 19.4 Å². The second-order valence-corrected chi connectivity index (χ2v) is 5.14. The number of rotatable bonds is 3. The van der Waals surface area contributed by atoms with Crippen LogP contribution in [0.5, 0.6) is 0 Å². The van der Waals surface area contributed by atoms with Gasteiger partial charge in [0.1, 0.15) is 11.5 Å². The molecular weight excluding hydrogens is 270 g/mol. The van der Waals surface area contributed by atoms with Crippen molar-refractivity contribution < 1.29 is 9.90 Å². The summed E-state index contributed by atoms with van der Waals surface area (Å²) in [6, 6.07) is 3.76. The highest BCUT2D eigenvalue weighted by molar-refractivity contribution is 7.12. The molecule has 0 aliphatic rings. The van der Waals surface area contributed by atoms with Crippen molar-refractivity contribution in [3.05, 3.63) is 33.0 Å². The van der Waals surface area contributed by atoms with Crippen LogP contribution in [-0.4, -0.2) is 27.2 Å². The number of carbonyl (C=O) groups is 1. The smallest absolute Gasteiger partial charge is 0.264 e. The molecule has 0 spiro atoms. The Labute approximate surface area is 112 Å². The van der Waals surface area contributed by atoms with E-state index in [9.17, 15) is 4.79 Å². The minimum absolute atomic E-state index is 0.150. The van der Waals surface area contributed by atoms with Crippen LogP contribution in [0.3, 0.4) is 0 Å². The van der Waals surface area contributed by atoms with Crippen molar-refractivity contribution in [3.63, 3.8) is 0 Å². The van der Waals surface area contributed by atoms with Crippen molar-refractivity contribution in [3.8, 4) is 11.8 Å². The molecule has 2 aromatic heterocycles. The molecule has 92 valence electrons. The standard InChI is InChI=1S/C11H9N3O2S2/c15-5-1-2-8-3-4-9(17-8)6-12-11(16)10-7-13-14-18-10/h3-4,7,15H,5-6H2,(H,12,16). The van der Waals surface area contributed by atoms with Crippen molar-refractivity contribution >= 4 is 28.8 Å². The Morgan fingerprint density at radius 2 is 2.39 bits per heavy atom. The topological polar surface area (TPSA) is 75.1 Å². The fourth-order valence-corrected chi connectivity index (χ4v) is 2.44. The van der Waals surface area contributed by atoms with Crippen molar-refractivity contribution in [1.82, 2.24) is 14.9 Å². The lowest BCUT2D eigenvalue weighted by molar-refractivity contribution is 0.0955. The summed E-state index contributed by atoms with van der Waals surface area (Å²) < 4.78 is 3.63. The van der Waals surface area contributed by atoms with E-state index in [1.54, 1.807) is 0 Å². The van der Waals surface area contributed by atoms with E-state index in [4.69, 9.17) is 5.11 Å². The van der Waals surface area contributed by atoms with E-state index in [-0.39, 0.29) is 12.5 Å². The Morgan fingerprint density at radius 1 is 1.50 bits per heavy atom. The molecule has 0 fully saturated rings. The molecule has 0 aliphatic heterocycles. The number of aromatic nitrogens is 2. The number of amides is 1. The molecule has 0 atom stereocenters. The molecule has 0 aromatic carbocycles. The first-order valence-electron chi connectivity index (χ1n) is 5.03. The number of nitrogens with one attached hydrogen (secondary N) is 1. The minimum Gasteiger partial charge on any atom is -0.384 e. The third-order valence-corrected chi connectivity index (χ3v) is 3.62. The van der Waals surface area contributed by atoms with Gasteiger partial charge in [0.05, 0.1) is 17.6 Å². The summed E-state index contributed by atoms with van der Waals surface area (Å²) >= 11 is 2.55. The second kappa shape index (κ2) is 6.26. The van der Waals surface area contributed by atoms with Crippen molar-refractivity contribution in [2.24, 2.45) is 0 Å². The molecule has 2 rings (SSSR count). The van der Waals surface area contributed by atoms with Crippen LogP contribution in [0, 0.1) is 11.8 Å². The van der Waals surface area contributed by atoms with Gasteiger partial charge in [0.2, 0.25) is 0 Å². The summed E-state index contributed by atoms with van der Waals surface area (Å²) in [6.07, 6.45) is 1.44. The molecule has 1 amide bonds. The second-order valence-electron chi connectivity index (χ2n) is 3.19. The van der Waals surface area contributed by atoms with E-state index in [0.29, 0.717) is 11.4 Å². The van der Waals surface area contributed by atoms with Gasteiger partial charge in [0, 0.05) is 4.88 Å². The van der Waals surface area contributed by atoms with Crippen LogP contribution in [0.2, 0.25) is 0 Å². The van der Waals surface area contributed by atoms with Gasteiger partial charge in [-0.25, -0.2) is 0 Å². The van der Waals surface area contributed by atoms with Gasteiger partial charge in [-0.1, -0.05) is 16.3 Å². The number of nitrogens with zero attached hydrogens (tertiary/aromatic N) is 2. The molecule has 2 N–H and O–H groups in total. The summed E-state index contributed by atoms with van der Waals surface area (Å²) in [6.45, 7) is 0.296. The van der Waals surface area contributed by atoms with E-state index in [2.05, 4.69) is 26.7 Å². The number of hydrogen-bond donors (Lipinski definition) is 2. The first-order valence-corrected chi connectivity index (χ1v) is 6.62. The van der Waals surface area contributed by atoms with E-state index in [1.165, 1.54) is 17.5 Å². The fourth-order valence-electron chi connectivity index (χ4n) is 1.19. The number of hydrogen-bond acceptors (Lipinski definition) is 6. The summed E-state index contributed by atoms with van der Waals surface area (Å²) in [4.78, 5) is 14.0. The maximum Gasteiger partial charge on any atom is 0.264 e. The van der Waals surface area contributed by atoms with Crippen LogP contribution in [-0.2, 0) is 6.54 Å². The monoisotopic (exact) mass is 279 g/mol. The SMILES string of the molecule is O=C(NCc1ccc(C#CCO)s1)c1cnns1. The third kappa shape index (κ3) is 3.37. The minimum atomic E-state index is -0.179. The number of thiophene rings is 1. The quantitative estimate of drug-likeness (QED) is 0.818. The molecule has 0 bridgehead atoms. The molecule has 2 heterocycles. The van der Waals surface area contributed by atoms with Gasteiger partial charge in [0.25, 0.3) is 5.91 Å². The Balaban J connectivity index is 1.90. The van der Waals surface area contributed by atoms with E-state index in [1.807, 2.05) is 12.1 Å². The maximum absolute atomic E-state index is 11.6. The zero-order valence-corrected chi connectivity index (χ0v) is 10.8. The average Bonchev–Trinajstić information content (AvgIpc) is 3.04. The number of aliphatic hydroxyl groups is 1. The molecule has 0 saturated carbocycles. The molecule has 0 saturated heterocycles. The Bertz CT molecular complexity index is 581. The Kier molecular flexibility index (Phi) is 4.41. The van der Waals surface area contributed by atoms with Gasteiger partial charge < -0.3 is 10.4 Å². The molecular formula is C11H9N3O2S2. The highest BCUT2D eigenvalue weighted by atomic mass is 32.1.